The minimum atomic E-state index is -0.902. The predicted octanol–water partition coefficient (Wildman–Crippen LogP) is 6.37. The molecule has 0 spiro atoms. The fraction of sp³-hybridized carbons (Fsp3) is 0.143. The summed E-state index contributed by atoms with van der Waals surface area (Å²) in [6.45, 7) is 0. The summed E-state index contributed by atoms with van der Waals surface area (Å²) in [5, 5.41) is 0. The van der Waals surface area contributed by atoms with Gasteiger partial charge in [-0.05, 0) is 91.6 Å². The van der Waals surface area contributed by atoms with E-state index >= 15 is 0 Å². The molecule has 0 amide bonds. The molecule has 3 rings (SSSR count). The van der Waals surface area contributed by atoms with Crippen LogP contribution in [0.25, 0.3) is 0 Å². The van der Waals surface area contributed by atoms with Crippen molar-refractivity contribution in [3.63, 3.8) is 0 Å². The summed E-state index contributed by atoms with van der Waals surface area (Å²) in [5.74, 6) is 2.05. The summed E-state index contributed by atoms with van der Waals surface area (Å²) in [5.41, 5.74) is 0. The first kappa shape index (κ1) is 20.9. The summed E-state index contributed by atoms with van der Waals surface area (Å²) >= 11 is 5.06. The maximum absolute atomic E-state index is 5.97. The Hall–Kier alpha value is -1.83. The van der Waals surface area contributed by atoms with E-state index in [4.69, 9.17) is 14.0 Å². The summed E-state index contributed by atoms with van der Waals surface area (Å²) in [7, 11) is -0.902. The van der Waals surface area contributed by atoms with E-state index in [9.17, 15) is 0 Å². The van der Waals surface area contributed by atoms with Crippen molar-refractivity contribution in [2.75, 3.05) is 18.8 Å². The molecule has 0 fully saturated rings. The van der Waals surface area contributed by atoms with Crippen LogP contribution in [-0.2, 0) is 0 Å². The SMILES string of the molecule is CSc1ccc(OB(Oc2ccc(SC)cc2)Oc2ccc(SC)cc2)cc1. The van der Waals surface area contributed by atoms with Gasteiger partial charge in [-0.2, -0.15) is 0 Å². The lowest BCUT2D eigenvalue weighted by Gasteiger charge is -2.17. The van der Waals surface area contributed by atoms with Gasteiger partial charge >= 0.3 is 7.32 Å². The van der Waals surface area contributed by atoms with Crippen molar-refractivity contribution in [3.8, 4) is 17.2 Å². The molecule has 0 aliphatic rings. The number of rotatable bonds is 9. The van der Waals surface area contributed by atoms with Crippen LogP contribution in [0.3, 0.4) is 0 Å². The van der Waals surface area contributed by atoms with Crippen molar-refractivity contribution in [2.45, 2.75) is 14.7 Å². The highest BCUT2D eigenvalue weighted by Crippen LogP contribution is 2.24. The quantitative estimate of drug-likeness (QED) is 0.290. The maximum Gasteiger partial charge on any atom is 0.864 e. The molecule has 0 aliphatic carbocycles. The fourth-order valence-corrected chi connectivity index (χ4v) is 3.59. The second-order valence-electron chi connectivity index (χ2n) is 5.67. The Morgan fingerprint density at radius 3 is 0.929 bits per heavy atom. The highest BCUT2D eigenvalue weighted by molar-refractivity contribution is 7.99. The molecule has 0 radical (unpaired) electrons. The van der Waals surface area contributed by atoms with Gasteiger partial charge in [0.25, 0.3) is 0 Å². The van der Waals surface area contributed by atoms with Crippen LogP contribution in [0, 0.1) is 0 Å². The van der Waals surface area contributed by atoms with E-state index in [0.29, 0.717) is 17.2 Å². The van der Waals surface area contributed by atoms with Crippen molar-refractivity contribution in [3.05, 3.63) is 72.8 Å². The van der Waals surface area contributed by atoms with Crippen LogP contribution in [-0.4, -0.2) is 26.1 Å². The van der Waals surface area contributed by atoms with Crippen LogP contribution < -0.4 is 14.0 Å². The molecular formula is C21H21BO3S3. The third-order valence-electron chi connectivity index (χ3n) is 3.88. The van der Waals surface area contributed by atoms with Crippen LogP contribution in [0.5, 0.6) is 17.2 Å². The molecule has 3 aromatic rings. The van der Waals surface area contributed by atoms with Crippen molar-refractivity contribution >= 4 is 42.6 Å². The predicted molar refractivity (Wildman–Crippen MR) is 122 cm³/mol. The van der Waals surface area contributed by atoms with Crippen LogP contribution in [0.2, 0.25) is 0 Å². The monoisotopic (exact) mass is 428 g/mol. The van der Waals surface area contributed by atoms with Gasteiger partial charge in [0.1, 0.15) is 17.2 Å². The van der Waals surface area contributed by atoms with Gasteiger partial charge in [0.05, 0.1) is 0 Å². The van der Waals surface area contributed by atoms with E-state index in [-0.39, 0.29) is 0 Å². The summed E-state index contributed by atoms with van der Waals surface area (Å²) < 4.78 is 17.9. The number of hydrogen-bond acceptors (Lipinski definition) is 6. The summed E-state index contributed by atoms with van der Waals surface area (Å²) in [4.78, 5) is 3.52. The van der Waals surface area contributed by atoms with E-state index in [0.717, 1.165) is 0 Å². The number of hydrogen-bond donors (Lipinski definition) is 0. The average Bonchev–Trinajstić information content (AvgIpc) is 2.75. The first-order chi connectivity index (χ1) is 13.7. The van der Waals surface area contributed by atoms with Gasteiger partial charge in [-0.1, -0.05) is 0 Å². The van der Waals surface area contributed by atoms with E-state index in [1.807, 2.05) is 91.6 Å². The highest BCUT2D eigenvalue weighted by Gasteiger charge is 2.30. The zero-order valence-electron chi connectivity index (χ0n) is 16.0. The van der Waals surface area contributed by atoms with Crippen molar-refractivity contribution in [2.24, 2.45) is 0 Å². The van der Waals surface area contributed by atoms with E-state index in [2.05, 4.69) is 0 Å². The molecule has 28 heavy (non-hydrogen) atoms. The Morgan fingerprint density at radius 2 is 0.714 bits per heavy atom. The second-order valence-corrected chi connectivity index (χ2v) is 8.31. The fourth-order valence-electron chi connectivity index (χ4n) is 2.37. The maximum atomic E-state index is 5.97. The normalized spacial score (nSPS) is 10.4. The molecule has 7 heteroatoms. The first-order valence-corrected chi connectivity index (χ1v) is 12.3. The lowest BCUT2D eigenvalue weighted by molar-refractivity contribution is 0.307. The largest absolute Gasteiger partial charge is 0.864 e. The topological polar surface area (TPSA) is 27.7 Å². The highest BCUT2D eigenvalue weighted by atomic mass is 32.2. The Balaban J connectivity index is 1.76. The molecular weight excluding hydrogens is 407 g/mol. The Kier molecular flexibility index (Phi) is 7.95. The number of thioether (sulfide) groups is 3. The lowest BCUT2D eigenvalue weighted by atomic mass is 10.2. The Bertz CT molecular complexity index is 738. The van der Waals surface area contributed by atoms with Gasteiger partial charge in [0.2, 0.25) is 0 Å². The summed E-state index contributed by atoms with van der Waals surface area (Å²) in [6.07, 6.45) is 6.13. The standard InChI is InChI=1S/C21H21BO3S3/c1-26-19-10-4-16(5-11-19)23-22(24-17-6-12-20(27-2)13-7-17)25-18-8-14-21(28-3)15-9-18/h4-15H,1-3H3. The summed E-state index contributed by atoms with van der Waals surface area (Å²) in [6, 6.07) is 23.6. The minimum Gasteiger partial charge on any atom is -0.490 e. The molecule has 3 nitrogen and oxygen atoms in total. The molecule has 0 bridgehead atoms. The zero-order chi connectivity index (χ0) is 19.8. The van der Waals surface area contributed by atoms with Crippen molar-refractivity contribution in [1.29, 1.82) is 0 Å². The van der Waals surface area contributed by atoms with Crippen LogP contribution >= 0.6 is 35.3 Å². The molecule has 0 unspecified atom stereocenters. The molecule has 0 aliphatic heterocycles. The average molecular weight is 428 g/mol. The molecule has 0 aromatic heterocycles. The van der Waals surface area contributed by atoms with Crippen LogP contribution in [0.15, 0.2) is 87.5 Å². The van der Waals surface area contributed by atoms with Crippen molar-refractivity contribution in [1.82, 2.24) is 0 Å². The molecule has 0 atom stereocenters. The van der Waals surface area contributed by atoms with Gasteiger partial charge in [-0.3, -0.25) is 0 Å². The molecule has 0 heterocycles. The minimum absolute atomic E-state index is 0.685. The van der Waals surface area contributed by atoms with Crippen molar-refractivity contribution < 1.29 is 14.0 Å². The van der Waals surface area contributed by atoms with Gasteiger partial charge in [-0.15, -0.1) is 35.3 Å². The molecule has 144 valence electrons. The van der Waals surface area contributed by atoms with Gasteiger partial charge in [0, 0.05) is 14.7 Å². The molecule has 0 saturated carbocycles. The molecule has 0 saturated heterocycles. The van der Waals surface area contributed by atoms with Gasteiger partial charge in [-0.25, -0.2) is 0 Å². The van der Waals surface area contributed by atoms with E-state index < -0.39 is 7.32 Å². The molecule has 0 N–H and O–H groups in total. The van der Waals surface area contributed by atoms with E-state index in [1.54, 1.807) is 35.3 Å². The van der Waals surface area contributed by atoms with Gasteiger partial charge < -0.3 is 14.0 Å². The third-order valence-corrected chi connectivity index (χ3v) is 6.11. The Morgan fingerprint density at radius 1 is 0.464 bits per heavy atom. The van der Waals surface area contributed by atoms with Crippen LogP contribution in [0.4, 0.5) is 0 Å². The molecule has 3 aromatic carbocycles. The first-order valence-electron chi connectivity index (χ1n) is 8.62. The smallest absolute Gasteiger partial charge is 0.490 e. The Labute approximate surface area is 179 Å². The lowest BCUT2D eigenvalue weighted by Crippen LogP contribution is -2.36. The van der Waals surface area contributed by atoms with Crippen LogP contribution in [0.1, 0.15) is 0 Å². The zero-order valence-corrected chi connectivity index (χ0v) is 18.4. The van der Waals surface area contributed by atoms with E-state index in [1.165, 1.54) is 14.7 Å². The van der Waals surface area contributed by atoms with Gasteiger partial charge in [0.15, 0.2) is 0 Å². The second kappa shape index (κ2) is 10.6. The number of benzene rings is 3. The third kappa shape index (κ3) is 6.09.